The van der Waals surface area contributed by atoms with Crippen molar-refractivity contribution < 1.29 is 9.53 Å². The van der Waals surface area contributed by atoms with Crippen LogP contribution in [0.3, 0.4) is 0 Å². The number of nitrogens with zero attached hydrogens (tertiary/aromatic N) is 2. The first-order valence-electron chi connectivity index (χ1n) is 5.82. The van der Waals surface area contributed by atoms with Gasteiger partial charge in [-0.25, -0.2) is 4.98 Å². The number of amides is 1. The fraction of sp³-hybridized carbons (Fsp3) is 0.500. The van der Waals surface area contributed by atoms with E-state index in [4.69, 9.17) is 22.1 Å². The van der Waals surface area contributed by atoms with Crippen molar-refractivity contribution >= 4 is 23.3 Å². The van der Waals surface area contributed by atoms with E-state index in [1.165, 1.54) is 6.20 Å². The Morgan fingerprint density at radius 1 is 1.61 bits per heavy atom. The molecule has 0 radical (unpaired) electrons. The Kier molecular flexibility index (Phi) is 3.73. The van der Waals surface area contributed by atoms with Crippen LogP contribution in [0.4, 0.5) is 5.82 Å². The molecule has 5 nitrogen and oxygen atoms in total. The fourth-order valence-electron chi connectivity index (χ4n) is 1.92. The van der Waals surface area contributed by atoms with Gasteiger partial charge in [-0.05, 0) is 19.9 Å². The lowest BCUT2D eigenvalue weighted by atomic mass is 10.1. The molecule has 0 spiro atoms. The van der Waals surface area contributed by atoms with E-state index in [1.54, 1.807) is 11.0 Å². The first kappa shape index (κ1) is 13.1. The molecule has 0 aromatic carbocycles. The van der Waals surface area contributed by atoms with E-state index in [0.29, 0.717) is 23.7 Å². The van der Waals surface area contributed by atoms with Crippen molar-refractivity contribution in [2.75, 3.05) is 18.9 Å². The molecular weight excluding hydrogens is 254 g/mol. The van der Waals surface area contributed by atoms with Crippen LogP contribution < -0.4 is 5.73 Å². The van der Waals surface area contributed by atoms with Crippen molar-refractivity contribution in [3.63, 3.8) is 0 Å². The van der Waals surface area contributed by atoms with Gasteiger partial charge in [0.1, 0.15) is 5.82 Å². The molecule has 0 bridgehead atoms. The maximum Gasteiger partial charge on any atom is 0.255 e. The van der Waals surface area contributed by atoms with Gasteiger partial charge in [0.25, 0.3) is 5.91 Å². The van der Waals surface area contributed by atoms with E-state index < -0.39 is 0 Å². The minimum absolute atomic E-state index is 0.0439. The average Bonchev–Trinajstić information content (AvgIpc) is 2.35. The monoisotopic (exact) mass is 269 g/mol. The first-order valence-corrected chi connectivity index (χ1v) is 6.20. The average molecular weight is 270 g/mol. The van der Waals surface area contributed by atoms with Gasteiger partial charge in [-0.1, -0.05) is 11.6 Å². The quantitative estimate of drug-likeness (QED) is 0.840. The molecule has 1 aliphatic heterocycles. The zero-order valence-corrected chi connectivity index (χ0v) is 11.1. The molecule has 1 saturated heterocycles. The molecule has 2 rings (SSSR count). The summed E-state index contributed by atoms with van der Waals surface area (Å²) < 4.78 is 5.49. The van der Waals surface area contributed by atoms with Gasteiger partial charge in [-0.2, -0.15) is 0 Å². The van der Waals surface area contributed by atoms with Crippen LogP contribution in [0.15, 0.2) is 12.3 Å². The van der Waals surface area contributed by atoms with E-state index in [9.17, 15) is 4.79 Å². The van der Waals surface area contributed by atoms with Crippen molar-refractivity contribution in [1.82, 2.24) is 9.88 Å². The highest BCUT2D eigenvalue weighted by atomic mass is 35.5. The number of ether oxygens (including phenoxy) is 1. The van der Waals surface area contributed by atoms with Crippen molar-refractivity contribution in [2.45, 2.75) is 26.0 Å². The van der Waals surface area contributed by atoms with Crippen molar-refractivity contribution in [3.05, 3.63) is 22.8 Å². The lowest BCUT2D eigenvalue weighted by molar-refractivity contribution is -0.0387. The molecule has 0 aliphatic carbocycles. The third kappa shape index (κ3) is 2.57. The molecule has 2 atom stereocenters. The van der Waals surface area contributed by atoms with Crippen LogP contribution in [-0.4, -0.2) is 41.1 Å². The molecule has 0 saturated carbocycles. The van der Waals surface area contributed by atoms with Crippen LogP contribution in [0.1, 0.15) is 24.2 Å². The molecule has 1 aromatic heterocycles. The second-order valence-electron chi connectivity index (χ2n) is 4.54. The van der Waals surface area contributed by atoms with Crippen LogP contribution in [0, 0.1) is 0 Å². The third-order valence-electron chi connectivity index (χ3n) is 2.99. The fourth-order valence-corrected chi connectivity index (χ4v) is 2.08. The van der Waals surface area contributed by atoms with Gasteiger partial charge >= 0.3 is 0 Å². The normalized spacial score (nSPS) is 24.1. The molecule has 2 heterocycles. The predicted molar refractivity (Wildman–Crippen MR) is 69.6 cm³/mol. The van der Waals surface area contributed by atoms with Gasteiger partial charge in [-0.15, -0.1) is 0 Å². The van der Waals surface area contributed by atoms with E-state index in [-0.39, 0.29) is 23.9 Å². The summed E-state index contributed by atoms with van der Waals surface area (Å²) in [5.41, 5.74) is 5.98. The molecule has 1 aliphatic rings. The number of nitrogen functional groups attached to an aromatic ring is 1. The summed E-state index contributed by atoms with van der Waals surface area (Å²) in [7, 11) is 0. The molecule has 1 aromatic rings. The number of carbonyl (C=O) groups excluding carboxylic acids is 1. The highest BCUT2D eigenvalue weighted by Crippen LogP contribution is 2.20. The maximum absolute atomic E-state index is 12.4. The second kappa shape index (κ2) is 5.12. The number of anilines is 1. The minimum Gasteiger partial charge on any atom is -0.382 e. The summed E-state index contributed by atoms with van der Waals surface area (Å²) >= 11 is 5.88. The zero-order valence-electron chi connectivity index (χ0n) is 10.4. The van der Waals surface area contributed by atoms with Crippen molar-refractivity contribution in [2.24, 2.45) is 0 Å². The minimum atomic E-state index is -0.0907. The summed E-state index contributed by atoms with van der Waals surface area (Å²) in [6.07, 6.45) is 1.50. The predicted octanol–water partition coefficient (Wildman–Crippen LogP) is 1.57. The molecule has 6 heteroatoms. The van der Waals surface area contributed by atoms with E-state index in [1.807, 2.05) is 13.8 Å². The standard InChI is InChI=1S/C12H16ClN3O2/c1-7-6-18-8(2)5-16(7)12(17)9-3-10(13)11(14)15-4-9/h3-4,7-8H,5-6H2,1-2H3,(H2,14,15). The van der Waals surface area contributed by atoms with Crippen molar-refractivity contribution in [1.29, 1.82) is 0 Å². The Labute approximate surface area is 111 Å². The number of pyridine rings is 1. The number of hydrogen-bond acceptors (Lipinski definition) is 4. The Balaban J connectivity index is 2.21. The van der Waals surface area contributed by atoms with Gasteiger partial charge in [0, 0.05) is 12.7 Å². The lowest BCUT2D eigenvalue weighted by Gasteiger charge is -2.36. The van der Waals surface area contributed by atoms with E-state index in [2.05, 4.69) is 4.98 Å². The summed E-state index contributed by atoms with van der Waals surface area (Å²) in [6.45, 7) is 5.02. The summed E-state index contributed by atoms with van der Waals surface area (Å²) in [4.78, 5) is 18.0. The number of rotatable bonds is 1. The van der Waals surface area contributed by atoms with Crippen LogP contribution >= 0.6 is 11.6 Å². The largest absolute Gasteiger partial charge is 0.382 e. The highest BCUT2D eigenvalue weighted by molar-refractivity contribution is 6.33. The van der Waals surface area contributed by atoms with Gasteiger partial charge < -0.3 is 15.4 Å². The molecule has 1 fully saturated rings. The van der Waals surface area contributed by atoms with Crippen LogP contribution in [0.25, 0.3) is 0 Å². The van der Waals surface area contributed by atoms with Crippen LogP contribution in [0.5, 0.6) is 0 Å². The maximum atomic E-state index is 12.4. The number of nitrogens with two attached hydrogens (primary N) is 1. The molecule has 1 amide bonds. The molecule has 2 unspecified atom stereocenters. The molecule has 18 heavy (non-hydrogen) atoms. The number of carbonyl (C=O) groups is 1. The van der Waals surface area contributed by atoms with Gasteiger partial charge in [0.15, 0.2) is 0 Å². The van der Waals surface area contributed by atoms with Crippen LogP contribution in [-0.2, 0) is 4.74 Å². The third-order valence-corrected chi connectivity index (χ3v) is 3.29. The second-order valence-corrected chi connectivity index (χ2v) is 4.95. The zero-order chi connectivity index (χ0) is 13.3. The SMILES string of the molecule is CC1CN(C(=O)c2cnc(N)c(Cl)c2)C(C)CO1. The Hall–Kier alpha value is -1.33. The van der Waals surface area contributed by atoms with Gasteiger partial charge in [0.05, 0.1) is 29.3 Å². The summed E-state index contributed by atoms with van der Waals surface area (Å²) in [6, 6.07) is 1.60. The van der Waals surface area contributed by atoms with Crippen molar-refractivity contribution in [3.8, 4) is 0 Å². The Morgan fingerprint density at radius 2 is 2.33 bits per heavy atom. The number of morpholine rings is 1. The summed E-state index contributed by atoms with van der Waals surface area (Å²) in [5, 5.41) is 0.301. The first-order chi connectivity index (χ1) is 8.49. The number of aromatic nitrogens is 1. The van der Waals surface area contributed by atoms with Gasteiger partial charge in [-0.3, -0.25) is 4.79 Å². The smallest absolute Gasteiger partial charge is 0.255 e. The molecule has 98 valence electrons. The molecular formula is C12H16ClN3O2. The Bertz CT molecular complexity index is 467. The van der Waals surface area contributed by atoms with E-state index >= 15 is 0 Å². The molecule has 2 N–H and O–H groups in total. The topological polar surface area (TPSA) is 68.5 Å². The number of halogens is 1. The summed E-state index contributed by atoms with van der Waals surface area (Å²) in [5.74, 6) is 0.142. The highest BCUT2D eigenvalue weighted by Gasteiger charge is 2.28. The number of hydrogen-bond donors (Lipinski definition) is 1. The Morgan fingerprint density at radius 3 is 3.00 bits per heavy atom. The lowest BCUT2D eigenvalue weighted by Crippen LogP contribution is -2.50. The van der Waals surface area contributed by atoms with Gasteiger partial charge in [0.2, 0.25) is 0 Å². The van der Waals surface area contributed by atoms with E-state index in [0.717, 1.165) is 0 Å². The van der Waals surface area contributed by atoms with Crippen LogP contribution in [0.2, 0.25) is 5.02 Å².